The highest BCUT2D eigenvalue weighted by molar-refractivity contribution is 5.27. The molecule has 0 heterocycles. The average Bonchev–Trinajstić information content (AvgIpc) is 2.39. The van der Waals surface area contributed by atoms with Crippen LogP contribution < -0.4 is 10.1 Å². The van der Waals surface area contributed by atoms with E-state index in [0.717, 1.165) is 37.8 Å². The zero-order chi connectivity index (χ0) is 15.3. The Balaban J connectivity index is 1.73. The van der Waals surface area contributed by atoms with Crippen LogP contribution in [0.25, 0.3) is 0 Å². The van der Waals surface area contributed by atoms with Crippen LogP contribution in [0.1, 0.15) is 31.2 Å². The molecule has 0 saturated heterocycles. The molecule has 2 atom stereocenters. The molecule has 3 nitrogen and oxygen atoms in total. The standard InChI is InChI=1S/C15H20F3NO2/c16-15(17,18)21-14-6-4-11(5-7-14)9-19-10-12-2-1-3-13(20)8-12/h4-7,12-13,19-20H,1-3,8-10H2. The average molecular weight is 303 g/mol. The first-order valence-corrected chi connectivity index (χ1v) is 7.16. The van der Waals surface area contributed by atoms with E-state index < -0.39 is 6.36 Å². The lowest BCUT2D eigenvalue weighted by atomic mass is 9.87. The Morgan fingerprint density at radius 1 is 1.19 bits per heavy atom. The van der Waals surface area contributed by atoms with Gasteiger partial charge in [0.2, 0.25) is 0 Å². The van der Waals surface area contributed by atoms with E-state index in [4.69, 9.17) is 0 Å². The second-order valence-corrected chi connectivity index (χ2v) is 5.51. The lowest BCUT2D eigenvalue weighted by Gasteiger charge is -2.26. The molecule has 118 valence electrons. The van der Waals surface area contributed by atoms with Crippen molar-refractivity contribution < 1.29 is 23.0 Å². The van der Waals surface area contributed by atoms with Crippen LogP contribution in [0.5, 0.6) is 5.75 Å². The van der Waals surface area contributed by atoms with Crippen LogP contribution in [0.15, 0.2) is 24.3 Å². The van der Waals surface area contributed by atoms with Gasteiger partial charge in [-0.3, -0.25) is 0 Å². The lowest BCUT2D eigenvalue weighted by molar-refractivity contribution is -0.274. The van der Waals surface area contributed by atoms with Gasteiger partial charge in [0, 0.05) is 6.54 Å². The minimum atomic E-state index is -4.65. The molecule has 0 radical (unpaired) electrons. The van der Waals surface area contributed by atoms with Gasteiger partial charge in [-0.25, -0.2) is 0 Å². The van der Waals surface area contributed by atoms with Crippen molar-refractivity contribution in [3.63, 3.8) is 0 Å². The highest BCUT2D eigenvalue weighted by Crippen LogP contribution is 2.24. The van der Waals surface area contributed by atoms with Gasteiger partial charge >= 0.3 is 6.36 Å². The van der Waals surface area contributed by atoms with Gasteiger partial charge in [-0.05, 0) is 49.4 Å². The summed E-state index contributed by atoms with van der Waals surface area (Å²) in [5.74, 6) is 0.267. The normalized spacial score (nSPS) is 23.0. The number of hydrogen-bond acceptors (Lipinski definition) is 3. The summed E-state index contributed by atoms with van der Waals surface area (Å²) in [7, 11) is 0. The third kappa shape index (κ3) is 5.93. The van der Waals surface area contributed by atoms with Gasteiger partial charge in [0.1, 0.15) is 5.75 Å². The summed E-state index contributed by atoms with van der Waals surface area (Å²) in [6.07, 6.45) is -0.965. The summed E-state index contributed by atoms with van der Waals surface area (Å²) >= 11 is 0. The maximum Gasteiger partial charge on any atom is 0.573 e. The maximum atomic E-state index is 12.0. The van der Waals surface area contributed by atoms with Crippen molar-refractivity contribution in [2.75, 3.05) is 6.54 Å². The molecule has 2 rings (SSSR count). The second kappa shape index (κ2) is 7.13. The first-order chi connectivity index (χ1) is 9.92. The van der Waals surface area contributed by atoms with E-state index in [-0.39, 0.29) is 11.9 Å². The molecule has 21 heavy (non-hydrogen) atoms. The monoisotopic (exact) mass is 303 g/mol. The Morgan fingerprint density at radius 3 is 2.52 bits per heavy atom. The van der Waals surface area contributed by atoms with Crippen LogP contribution in [0.2, 0.25) is 0 Å². The van der Waals surface area contributed by atoms with Crippen LogP contribution in [0.4, 0.5) is 13.2 Å². The van der Waals surface area contributed by atoms with Crippen molar-refractivity contribution in [2.45, 2.75) is 44.7 Å². The number of alkyl halides is 3. The van der Waals surface area contributed by atoms with Gasteiger partial charge < -0.3 is 15.2 Å². The largest absolute Gasteiger partial charge is 0.573 e. The zero-order valence-corrected chi connectivity index (χ0v) is 11.7. The third-order valence-electron chi connectivity index (χ3n) is 3.67. The van der Waals surface area contributed by atoms with Crippen molar-refractivity contribution in [3.05, 3.63) is 29.8 Å². The molecule has 0 aliphatic heterocycles. The predicted octanol–water partition coefficient (Wildman–Crippen LogP) is 3.23. The number of hydrogen-bond donors (Lipinski definition) is 2. The molecule has 0 bridgehead atoms. The number of halogens is 3. The number of nitrogens with one attached hydrogen (secondary N) is 1. The Labute approximate surface area is 122 Å². The van der Waals surface area contributed by atoms with Crippen molar-refractivity contribution in [2.24, 2.45) is 5.92 Å². The molecular weight excluding hydrogens is 283 g/mol. The van der Waals surface area contributed by atoms with Crippen LogP contribution in [0, 0.1) is 5.92 Å². The van der Waals surface area contributed by atoms with E-state index in [1.807, 2.05) is 0 Å². The first kappa shape index (κ1) is 16.1. The van der Waals surface area contributed by atoms with Gasteiger partial charge in [-0.2, -0.15) is 0 Å². The molecule has 1 aromatic carbocycles. The minimum Gasteiger partial charge on any atom is -0.406 e. The Kier molecular flexibility index (Phi) is 5.47. The molecule has 1 aliphatic carbocycles. The maximum absolute atomic E-state index is 12.0. The number of rotatable bonds is 5. The molecule has 1 aromatic rings. The molecule has 0 aromatic heterocycles. The summed E-state index contributed by atoms with van der Waals surface area (Å²) in [5.41, 5.74) is 0.904. The van der Waals surface area contributed by atoms with Crippen LogP contribution in [-0.4, -0.2) is 24.1 Å². The molecular formula is C15H20F3NO2. The van der Waals surface area contributed by atoms with E-state index in [9.17, 15) is 18.3 Å². The molecule has 2 unspecified atom stereocenters. The molecule has 1 aliphatic rings. The summed E-state index contributed by atoms with van der Waals surface area (Å²) < 4.78 is 39.9. The molecule has 0 amide bonds. The lowest BCUT2D eigenvalue weighted by Crippen LogP contribution is -2.28. The van der Waals surface area contributed by atoms with Gasteiger partial charge in [-0.1, -0.05) is 18.6 Å². The Hall–Kier alpha value is -1.27. The van der Waals surface area contributed by atoms with Crippen molar-refractivity contribution >= 4 is 0 Å². The topological polar surface area (TPSA) is 41.5 Å². The van der Waals surface area contributed by atoms with E-state index in [1.165, 1.54) is 12.1 Å². The molecule has 2 N–H and O–H groups in total. The number of aliphatic hydroxyl groups excluding tert-OH is 1. The van der Waals surface area contributed by atoms with Crippen molar-refractivity contribution in [1.29, 1.82) is 0 Å². The fourth-order valence-corrected chi connectivity index (χ4v) is 2.68. The minimum absolute atomic E-state index is 0.190. The highest BCUT2D eigenvalue weighted by atomic mass is 19.4. The van der Waals surface area contributed by atoms with Crippen LogP contribution in [0.3, 0.4) is 0 Å². The van der Waals surface area contributed by atoms with Gasteiger partial charge in [-0.15, -0.1) is 13.2 Å². The van der Waals surface area contributed by atoms with E-state index in [0.29, 0.717) is 12.5 Å². The van der Waals surface area contributed by atoms with Gasteiger partial charge in [0.05, 0.1) is 6.10 Å². The van der Waals surface area contributed by atoms with Crippen molar-refractivity contribution in [1.82, 2.24) is 5.32 Å². The summed E-state index contributed by atoms with van der Waals surface area (Å²) in [6, 6.07) is 5.86. The quantitative estimate of drug-likeness (QED) is 0.877. The van der Waals surface area contributed by atoms with E-state index in [2.05, 4.69) is 10.1 Å². The van der Waals surface area contributed by atoms with Gasteiger partial charge in [0.15, 0.2) is 0 Å². The summed E-state index contributed by atoms with van der Waals surface area (Å²) in [5, 5.41) is 12.9. The predicted molar refractivity (Wildman–Crippen MR) is 72.8 cm³/mol. The smallest absolute Gasteiger partial charge is 0.406 e. The molecule has 1 fully saturated rings. The van der Waals surface area contributed by atoms with E-state index in [1.54, 1.807) is 12.1 Å². The van der Waals surface area contributed by atoms with Gasteiger partial charge in [0.25, 0.3) is 0 Å². The fourth-order valence-electron chi connectivity index (χ4n) is 2.68. The Bertz CT molecular complexity index is 434. The van der Waals surface area contributed by atoms with Crippen LogP contribution >= 0.6 is 0 Å². The molecule has 6 heteroatoms. The highest BCUT2D eigenvalue weighted by Gasteiger charge is 2.30. The van der Waals surface area contributed by atoms with E-state index >= 15 is 0 Å². The molecule has 0 spiro atoms. The number of aliphatic hydroxyl groups is 1. The molecule has 1 saturated carbocycles. The number of ether oxygens (including phenoxy) is 1. The first-order valence-electron chi connectivity index (χ1n) is 7.16. The fraction of sp³-hybridized carbons (Fsp3) is 0.600. The third-order valence-corrected chi connectivity index (χ3v) is 3.67. The van der Waals surface area contributed by atoms with Crippen LogP contribution in [-0.2, 0) is 6.54 Å². The van der Waals surface area contributed by atoms with Crippen molar-refractivity contribution in [3.8, 4) is 5.75 Å². The SMILES string of the molecule is OC1CCCC(CNCc2ccc(OC(F)(F)F)cc2)C1. The summed E-state index contributed by atoms with van der Waals surface area (Å²) in [6.45, 7) is 1.41. The second-order valence-electron chi connectivity index (χ2n) is 5.51. The Morgan fingerprint density at radius 2 is 1.90 bits per heavy atom. The number of benzene rings is 1. The zero-order valence-electron chi connectivity index (χ0n) is 11.7. The summed E-state index contributed by atoms with van der Waals surface area (Å²) in [4.78, 5) is 0.